The molecule has 0 spiro atoms. The van der Waals surface area contributed by atoms with Gasteiger partial charge in [-0.3, -0.25) is 4.79 Å². The molecule has 2 aromatic heterocycles. The highest BCUT2D eigenvalue weighted by Gasteiger charge is 2.55. The number of hydrogen-bond donors (Lipinski definition) is 1. The van der Waals surface area contributed by atoms with E-state index in [2.05, 4.69) is 20.4 Å². The standard InChI is InChI=1S/C15H16F3N5O/c16-15(17,18)14(5-1-2-6-14)8-21-13(24)11-4-3-7-20-12(11)23-10-19-9-22-23/h3-4,7,9-10H,1-2,5-6,8H2,(H,21,24). The highest BCUT2D eigenvalue weighted by molar-refractivity contribution is 5.97. The Labute approximate surface area is 136 Å². The van der Waals surface area contributed by atoms with E-state index in [4.69, 9.17) is 0 Å². The van der Waals surface area contributed by atoms with Gasteiger partial charge >= 0.3 is 6.18 Å². The molecule has 0 aliphatic heterocycles. The van der Waals surface area contributed by atoms with Crippen LogP contribution in [-0.4, -0.2) is 38.4 Å². The number of carbonyl (C=O) groups is 1. The first-order chi connectivity index (χ1) is 11.4. The van der Waals surface area contributed by atoms with Crippen molar-refractivity contribution in [3.8, 4) is 5.82 Å². The average molecular weight is 339 g/mol. The molecular formula is C15H16F3N5O. The molecule has 0 aromatic carbocycles. The van der Waals surface area contributed by atoms with Gasteiger partial charge in [-0.1, -0.05) is 12.8 Å². The lowest BCUT2D eigenvalue weighted by molar-refractivity contribution is -0.219. The van der Waals surface area contributed by atoms with Crippen LogP contribution in [0, 0.1) is 5.41 Å². The van der Waals surface area contributed by atoms with Crippen molar-refractivity contribution in [1.29, 1.82) is 0 Å². The summed E-state index contributed by atoms with van der Waals surface area (Å²) in [5.41, 5.74) is -1.68. The average Bonchev–Trinajstić information content (AvgIpc) is 3.24. The normalized spacial score (nSPS) is 17.0. The van der Waals surface area contributed by atoms with Crippen LogP contribution >= 0.6 is 0 Å². The van der Waals surface area contributed by atoms with E-state index in [1.54, 1.807) is 6.07 Å². The number of carbonyl (C=O) groups excluding carboxylic acids is 1. The highest BCUT2D eigenvalue weighted by Crippen LogP contribution is 2.49. The molecule has 2 heterocycles. The number of amides is 1. The maximum Gasteiger partial charge on any atom is 0.396 e. The Morgan fingerprint density at radius 1 is 1.33 bits per heavy atom. The van der Waals surface area contributed by atoms with E-state index in [1.807, 2.05) is 0 Å². The molecule has 1 fully saturated rings. The van der Waals surface area contributed by atoms with Crippen LogP contribution in [0.1, 0.15) is 36.0 Å². The van der Waals surface area contributed by atoms with E-state index in [-0.39, 0.29) is 24.2 Å². The van der Waals surface area contributed by atoms with Crippen LogP contribution in [0.15, 0.2) is 31.0 Å². The maximum absolute atomic E-state index is 13.4. The van der Waals surface area contributed by atoms with Crippen LogP contribution in [0.4, 0.5) is 13.2 Å². The largest absolute Gasteiger partial charge is 0.396 e. The molecule has 0 unspecified atom stereocenters. The van der Waals surface area contributed by atoms with Gasteiger partial charge in [-0.05, 0) is 25.0 Å². The molecule has 24 heavy (non-hydrogen) atoms. The fourth-order valence-electron chi connectivity index (χ4n) is 3.03. The first kappa shape index (κ1) is 16.4. The van der Waals surface area contributed by atoms with Gasteiger partial charge in [0.05, 0.1) is 11.0 Å². The summed E-state index contributed by atoms with van der Waals surface area (Å²) in [7, 11) is 0. The monoisotopic (exact) mass is 339 g/mol. The summed E-state index contributed by atoms with van der Waals surface area (Å²) in [4.78, 5) is 20.3. The van der Waals surface area contributed by atoms with Crippen LogP contribution < -0.4 is 5.32 Å². The van der Waals surface area contributed by atoms with Crippen molar-refractivity contribution in [2.24, 2.45) is 5.41 Å². The lowest BCUT2D eigenvalue weighted by atomic mass is 9.85. The van der Waals surface area contributed by atoms with Crippen LogP contribution in [0.2, 0.25) is 0 Å². The van der Waals surface area contributed by atoms with Crippen molar-refractivity contribution in [3.05, 3.63) is 36.5 Å². The summed E-state index contributed by atoms with van der Waals surface area (Å²) in [6.45, 7) is -0.430. The first-order valence-electron chi connectivity index (χ1n) is 7.58. The van der Waals surface area contributed by atoms with Gasteiger partial charge in [0.1, 0.15) is 12.7 Å². The molecule has 1 amide bonds. The Morgan fingerprint density at radius 3 is 2.71 bits per heavy atom. The molecule has 1 aliphatic carbocycles. The summed E-state index contributed by atoms with van der Waals surface area (Å²) < 4.78 is 41.5. The minimum Gasteiger partial charge on any atom is -0.351 e. The third-order valence-electron chi connectivity index (χ3n) is 4.42. The second-order valence-corrected chi connectivity index (χ2v) is 5.88. The van der Waals surface area contributed by atoms with E-state index < -0.39 is 24.0 Å². The van der Waals surface area contributed by atoms with Crippen molar-refractivity contribution in [3.63, 3.8) is 0 Å². The number of nitrogens with one attached hydrogen (secondary N) is 1. The van der Waals surface area contributed by atoms with Gasteiger partial charge in [0.25, 0.3) is 5.91 Å². The molecule has 2 aromatic rings. The molecule has 0 bridgehead atoms. The molecule has 1 N–H and O–H groups in total. The Bertz CT molecular complexity index is 708. The number of rotatable bonds is 4. The zero-order valence-electron chi connectivity index (χ0n) is 12.8. The Balaban J connectivity index is 1.79. The zero-order valence-corrected chi connectivity index (χ0v) is 12.8. The third-order valence-corrected chi connectivity index (χ3v) is 4.42. The maximum atomic E-state index is 13.4. The number of pyridine rings is 1. The number of hydrogen-bond acceptors (Lipinski definition) is 4. The SMILES string of the molecule is O=C(NCC1(C(F)(F)F)CCCC1)c1cccnc1-n1cncn1. The molecule has 1 saturated carbocycles. The quantitative estimate of drug-likeness (QED) is 0.929. The molecule has 0 atom stereocenters. The molecule has 3 rings (SSSR count). The Morgan fingerprint density at radius 2 is 2.08 bits per heavy atom. The van der Waals surface area contributed by atoms with Crippen LogP contribution in [0.3, 0.4) is 0 Å². The summed E-state index contributed by atoms with van der Waals surface area (Å²) >= 11 is 0. The zero-order chi connectivity index (χ0) is 17.2. The van der Waals surface area contributed by atoms with Crippen molar-refractivity contribution < 1.29 is 18.0 Å². The smallest absolute Gasteiger partial charge is 0.351 e. The van der Waals surface area contributed by atoms with Crippen molar-refractivity contribution in [2.75, 3.05) is 6.54 Å². The molecule has 0 radical (unpaired) electrons. The van der Waals surface area contributed by atoms with E-state index in [0.29, 0.717) is 12.8 Å². The predicted octanol–water partition coefficient (Wildman–Crippen LogP) is 2.51. The lowest BCUT2D eigenvalue weighted by Crippen LogP contribution is -2.45. The number of aromatic nitrogens is 4. The van der Waals surface area contributed by atoms with Gasteiger partial charge < -0.3 is 5.32 Å². The van der Waals surface area contributed by atoms with Crippen LogP contribution in [0.5, 0.6) is 0 Å². The number of nitrogens with zero attached hydrogens (tertiary/aromatic N) is 4. The summed E-state index contributed by atoms with van der Waals surface area (Å²) in [5, 5.41) is 6.33. The third kappa shape index (κ3) is 2.98. The molecule has 0 saturated heterocycles. The van der Waals surface area contributed by atoms with Gasteiger partial charge in [0, 0.05) is 12.7 Å². The predicted molar refractivity (Wildman–Crippen MR) is 78.4 cm³/mol. The van der Waals surface area contributed by atoms with Gasteiger partial charge in [-0.25, -0.2) is 14.6 Å². The lowest BCUT2D eigenvalue weighted by Gasteiger charge is -2.31. The van der Waals surface area contributed by atoms with Crippen LogP contribution in [-0.2, 0) is 0 Å². The van der Waals surface area contributed by atoms with Gasteiger partial charge in [0.15, 0.2) is 5.82 Å². The van der Waals surface area contributed by atoms with Gasteiger partial charge in [-0.15, -0.1) is 0 Å². The van der Waals surface area contributed by atoms with Gasteiger partial charge in [-0.2, -0.15) is 18.3 Å². The highest BCUT2D eigenvalue weighted by atomic mass is 19.4. The molecule has 1 aliphatic rings. The molecular weight excluding hydrogens is 323 g/mol. The summed E-state index contributed by atoms with van der Waals surface area (Å²) in [5.74, 6) is -0.385. The van der Waals surface area contributed by atoms with Crippen LogP contribution in [0.25, 0.3) is 5.82 Å². The van der Waals surface area contributed by atoms with Gasteiger partial charge in [0.2, 0.25) is 0 Å². The molecule has 128 valence electrons. The Kier molecular flexibility index (Phi) is 4.25. The molecule has 6 nitrogen and oxygen atoms in total. The topological polar surface area (TPSA) is 72.7 Å². The Hall–Kier alpha value is -2.45. The van der Waals surface area contributed by atoms with E-state index in [9.17, 15) is 18.0 Å². The summed E-state index contributed by atoms with van der Waals surface area (Å²) in [6, 6.07) is 3.04. The second kappa shape index (κ2) is 6.21. The van der Waals surface area contributed by atoms with Crippen molar-refractivity contribution in [2.45, 2.75) is 31.9 Å². The minimum atomic E-state index is -4.33. The second-order valence-electron chi connectivity index (χ2n) is 5.88. The fraction of sp³-hybridized carbons (Fsp3) is 0.467. The molecule has 9 heteroatoms. The number of alkyl halides is 3. The minimum absolute atomic E-state index is 0.0414. The van der Waals surface area contributed by atoms with E-state index in [1.165, 1.54) is 29.6 Å². The first-order valence-corrected chi connectivity index (χ1v) is 7.58. The fourth-order valence-corrected chi connectivity index (χ4v) is 3.03. The van der Waals surface area contributed by atoms with E-state index in [0.717, 1.165) is 0 Å². The van der Waals surface area contributed by atoms with E-state index >= 15 is 0 Å². The van der Waals surface area contributed by atoms with Crippen molar-refractivity contribution in [1.82, 2.24) is 25.1 Å². The number of halogens is 3. The summed E-state index contributed by atoms with van der Waals surface area (Å²) in [6.07, 6.45) is 0.918. The van der Waals surface area contributed by atoms with Crippen molar-refractivity contribution >= 4 is 5.91 Å².